The standard InChI is InChI=1S/C8H15N3OS/c1-11(12-2)5-7-6-13-8(10-7)3-4-9/h6H,3-5,9H2,1-2H3. The van der Waals surface area contributed by atoms with E-state index >= 15 is 0 Å². The van der Waals surface area contributed by atoms with Crippen molar-refractivity contribution in [2.45, 2.75) is 13.0 Å². The summed E-state index contributed by atoms with van der Waals surface area (Å²) in [5.41, 5.74) is 6.47. The smallest absolute Gasteiger partial charge is 0.0941 e. The Balaban J connectivity index is 2.48. The van der Waals surface area contributed by atoms with Crippen LogP contribution in [0, 0.1) is 0 Å². The molecule has 0 aliphatic carbocycles. The molecule has 5 heteroatoms. The van der Waals surface area contributed by atoms with Gasteiger partial charge in [0.15, 0.2) is 0 Å². The summed E-state index contributed by atoms with van der Waals surface area (Å²) in [6, 6.07) is 0. The number of thiazole rings is 1. The van der Waals surface area contributed by atoms with Crippen molar-refractivity contribution in [3.8, 4) is 0 Å². The maximum absolute atomic E-state index is 5.43. The van der Waals surface area contributed by atoms with Gasteiger partial charge in [-0.25, -0.2) is 4.98 Å². The Kier molecular flexibility index (Phi) is 4.31. The Morgan fingerprint density at radius 1 is 1.69 bits per heavy atom. The van der Waals surface area contributed by atoms with E-state index in [1.54, 1.807) is 23.5 Å². The summed E-state index contributed by atoms with van der Waals surface area (Å²) in [6.07, 6.45) is 0.862. The maximum Gasteiger partial charge on any atom is 0.0941 e. The average molecular weight is 201 g/mol. The Labute approximate surface area is 82.3 Å². The molecule has 0 amide bonds. The van der Waals surface area contributed by atoms with Crippen LogP contribution >= 0.6 is 11.3 Å². The van der Waals surface area contributed by atoms with Crippen molar-refractivity contribution in [3.05, 3.63) is 16.1 Å². The predicted octanol–water partition coefficient (Wildman–Crippen LogP) is 0.638. The molecule has 4 nitrogen and oxygen atoms in total. The second kappa shape index (κ2) is 5.29. The number of nitrogens with two attached hydrogens (primary N) is 1. The summed E-state index contributed by atoms with van der Waals surface area (Å²) in [6.45, 7) is 1.38. The molecule has 1 aromatic heterocycles. The topological polar surface area (TPSA) is 51.4 Å². The van der Waals surface area contributed by atoms with Gasteiger partial charge >= 0.3 is 0 Å². The van der Waals surface area contributed by atoms with Gasteiger partial charge in [0.25, 0.3) is 0 Å². The molecule has 0 aliphatic heterocycles. The lowest BCUT2D eigenvalue weighted by Gasteiger charge is -2.10. The van der Waals surface area contributed by atoms with Crippen LogP contribution in [0.3, 0.4) is 0 Å². The van der Waals surface area contributed by atoms with E-state index in [2.05, 4.69) is 4.98 Å². The first-order valence-corrected chi connectivity index (χ1v) is 5.02. The van der Waals surface area contributed by atoms with Crippen LogP contribution in [0.25, 0.3) is 0 Å². The normalized spacial score (nSPS) is 11.1. The van der Waals surface area contributed by atoms with Crippen LogP contribution in [-0.2, 0) is 17.8 Å². The molecule has 0 aliphatic rings. The summed E-state index contributed by atoms with van der Waals surface area (Å²) in [4.78, 5) is 9.40. The molecule has 1 rings (SSSR count). The van der Waals surface area contributed by atoms with Crippen LogP contribution in [-0.4, -0.2) is 30.7 Å². The number of hydrogen-bond donors (Lipinski definition) is 1. The minimum absolute atomic E-state index is 0.660. The molecule has 0 spiro atoms. The summed E-state index contributed by atoms with van der Waals surface area (Å²) in [7, 11) is 3.52. The molecule has 2 N–H and O–H groups in total. The van der Waals surface area contributed by atoms with E-state index in [4.69, 9.17) is 10.6 Å². The van der Waals surface area contributed by atoms with Crippen molar-refractivity contribution in [1.82, 2.24) is 10.0 Å². The van der Waals surface area contributed by atoms with Gasteiger partial charge in [0.1, 0.15) is 0 Å². The van der Waals surface area contributed by atoms with Crippen LogP contribution < -0.4 is 5.73 Å². The molecule has 1 aromatic rings. The monoisotopic (exact) mass is 201 g/mol. The van der Waals surface area contributed by atoms with Gasteiger partial charge in [-0.15, -0.1) is 11.3 Å². The SMILES string of the molecule is CON(C)Cc1csc(CCN)n1. The van der Waals surface area contributed by atoms with E-state index in [-0.39, 0.29) is 0 Å². The first-order chi connectivity index (χ1) is 6.26. The van der Waals surface area contributed by atoms with Gasteiger partial charge in [0, 0.05) is 18.8 Å². The zero-order valence-electron chi connectivity index (χ0n) is 7.99. The quantitative estimate of drug-likeness (QED) is 0.710. The molecule has 13 heavy (non-hydrogen) atoms. The van der Waals surface area contributed by atoms with Crippen LogP contribution in [0.5, 0.6) is 0 Å². The highest BCUT2D eigenvalue weighted by molar-refractivity contribution is 7.09. The van der Waals surface area contributed by atoms with Crippen molar-refractivity contribution < 1.29 is 4.84 Å². The minimum Gasteiger partial charge on any atom is -0.330 e. The molecule has 1 heterocycles. The van der Waals surface area contributed by atoms with Gasteiger partial charge in [-0.1, -0.05) is 0 Å². The molecule has 0 bridgehead atoms. The highest BCUT2D eigenvalue weighted by Crippen LogP contribution is 2.11. The Morgan fingerprint density at radius 3 is 3.08 bits per heavy atom. The molecule has 74 valence electrons. The van der Waals surface area contributed by atoms with Gasteiger partial charge < -0.3 is 10.6 Å². The van der Waals surface area contributed by atoms with Gasteiger partial charge in [-0.05, 0) is 6.54 Å². The van der Waals surface area contributed by atoms with Crippen molar-refractivity contribution >= 4 is 11.3 Å². The van der Waals surface area contributed by atoms with Gasteiger partial charge in [-0.2, -0.15) is 5.06 Å². The fourth-order valence-electron chi connectivity index (χ4n) is 0.953. The third kappa shape index (κ3) is 3.40. The Bertz CT molecular complexity index is 251. The van der Waals surface area contributed by atoms with Crippen molar-refractivity contribution in [2.75, 3.05) is 20.7 Å². The van der Waals surface area contributed by atoms with Crippen LogP contribution in [0.4, 0.5) is 0 Å². The first-order valence-electron chi connectivity index (χ1n) is 4.15. The zero-order chi connectivity index (χ0) is 9.68. The largest absolute Gasteiger partial charge is 0.330 e. The Hall–Kier alpha value is -0.490. The van der Waals surface area contributed by atoms with Crippen molar-refractivity contribution in [3.63, 3.8) is 0 Å². The number of hydroxylamine groups is 2. The molecule has 0 saturated heterocycles. The van der Waals surface area contributed by atoms with E-state index in [0.717, 1.165) is 23.7 Å². The predicted molar refractivity (Wildman–Crippen MR) is 53.3 cm³/mol. The minimum atomic E-state index is 0.660. The molecule has 0 saturated carbocycles. The summed E-state index contributed by atoms with van der Waals surface area (Å²) in [5.74, 6) is 0. The molecule has 0 unspecified atom stereocenters. The molecule has 0 aromatic carbocycles. The van der Waals surface area contributed by atoms with E-state index < -0.39 is 0 Å². The zero-order valence-corrected chi connectivity index (χ0v) is 8.80. The fraction of sp³-hybridized carbons (Fsp3) is 0.625. The second-order valence-electron chi connectivity index (χ2n) is 2.74. The lowest BCUT2D eigenvalue weighted by Crippen LogP contribution is -2.16. The van der Waals surface area contributed by atoms with Crippen molar-refractivity contribution in [2.24, 2.45) is 5.73 Å². The lowest BCUT2D eigenvalue weighted by molar-refractivity contribution is -0.117. The van der Waals surface area contributed by atoms with E-state index in [9.17, 15) is 0 Å². The number of hydrogen-bond acceptors (Lipinski definition) is 5. The second-order valence-corrected chi connectivity index (χ2v) is 3.68. The van der Waals surface area contributed by atoms with Crippen LogP contribution in [0.1, 0.15) is 10.7 Å². The van der Waals surface area contributed by atoms with Crippen LogP contribution in [0.2, 0.25) is 0 Å². The number of aromatic nitrogens is 1. The van der Waals surface area contributed by atoms with Gasteiger partial charge in [-0.3, -0.25) is 0 Å². The molecular formula is C8H15N3OS. The summed E-state index contributed by atoms with van der Waals surface area (Å²) < 4.78 is 0. The summed E-state index contributed by atoms with van der Waals surface area (Å²) >= 11 is 1.65. The molecule has 0 atom stereocenters. The third-order valence-corrected chi connectivity index (χ3v) is 2.61. The van der Waals surface area contributed by atoms with Crippen molar-refractivity contribution in [1.29, 1.82) is 0 Å². The maximum atomic E-state index is 5.43. The van der Waals surface area contributed by atoms with Gasteiger partial charge in [0.2, 0.25) is 0 Å². The highest BCUT2D eigenvalue weighted by atomic mass is 32.1. The molecule has 0 fully saturated rings. The highest BCUT2D eigenvalue weighted by Gasteiger charge is 2.03. The molecular weight excluding hydrogens is 186 g/mol. The number of rotatable bonds is 5. The summed E-state index contributed by atoms with van der Waals surface area (Å²) in [5, 5.41) is 4.88. The first kappa shape index (κ1) is 10.6. The van der Waals surface area contributed by atoms with Crippen LogP contribution in [0.15, 0.2) is 5.38 Å². The Morgan fingerprint density at radius 2 is 2.46 bits per heavy atom. The van der Waals surface area contributed by atoms with E-state index in [0.29, 0.717) is 6.54 Å². The van der Waals surface area contributed by atoms with E-state index in [1.165, 1.54) is 0 Å². The molecule has 0 radical (unpaired) electrons. The number of nitrogens with zero attached hydrogens (tertiary/aromatic N) is 2. The average Bonchev–Trinajstić information content (AvgIpc) is 2.53. The lowest BCUT2D eigenvalue weighted by atomic mass is 10.4. The van der Waals surface area contributed by atoms with E-state index in [1.807, 2.05) is 12.4 Å². The third-order valence-electron chi connectivity index (χ3n) is 1.65. The van der Waals surface area contributed by atoms with Gasteiger partial charge in [0.05, 0.1) is 24.4 Å². The fourth-order valence-corrected chi connectivity index (χ4v) is 1.76.